The summed E-state index contributed by atoms with van der Waals surface area (Å²) < 4.78 is 2.38. The van der Waals surface area contributed by atoms with Crippen LogP contribution in [-0.2, 0) is 4.79 Å². The molecule has 5 aromatic rings. The number of nitrogens with one attached hydrogen (secondary N) is 1. The maximum Gasteiger partial charge on any atom is 0.267 e. The first-order valence-electron chi connectivity index (χ1n) is 10.4. The molecule has 5 rings (SSSR count). The number of carbonyl (C=O) groups excluding carboxylic acids is 1. The van der Waals surface area contributed by atoms with Crippen molar-refractivity contribution < 1.29 is 4.79 Å². The molecule has 0 aliphatic heterocycles. The lowest BCUT2D eigenvalue weighted by Gasteiger charge is -2.15. The molecule has 6 nitrogen and oxygen atoms in total. The number of benzene rings is 2. The highest BCUT2D eigenvalue weighted by atomic mass is 32.1. The summed E-state index contributed by atoms with van der Waals surface area (Å²) in [7, 11) is 0. The highest BCUT2D eigenvalue weighted by molar-refractivity contribution is 7.21. The third kappa shape index (κ3) is 4.35. The van der Waals surface area contributed by atoms with E-state index in [9.17, 15) is 9.59 Å². The Labute approximate surface area is 198 Å². The van der Waals surface area contributed by atoms with Crippen molar-refractivity contribution >= 4 is 44.5 Å². The molecule has 0 aliphatic carbocycles. The molecular formula is C25H20N4O2S2. The normalized spacial score (nSPS) is 12.1. The van der Waals surface area contributed by atoms with Crippen molar-refractivity contribution in [3.05, 3.63) is 88.0 Å². The summed E-state index contributed by atoms with van der Waals surface area (Å²) in [5, 5.41) is 10.2. The van der Waals surface area contributed by atoms with Gasteiger partial charge in [-0.3, -0.25) is 9.59 Å². The van der Waals surface area contributed by atoms with Gasteiger partial charge in [-0.15, -0.1) is 22.7 Å². The molecule has 2 aromatic carbocycles. The Balaban J connectivity index is 1.33. The number of nitrogens with zero attached hydrogens (tertiary/aromatic N) is 3. The Hall–Kier alpha value is -3.62. The summed E-state index contributed by atoms with van der Waals surface area (Å²) in [4.78, 5) is 30.9. The zero-order chi connectivity index (χ0) is 22.9. The smallest absolute Gasteiger partial charge is 0.267 e. The van der Waals surface area contributed by atoms with E-state index in [0.717, 1.165) is 25.7 Å². The number of hydrogen-bond acceptors (Lipinski definition) is 6. The van der Waals surface area contributed by atoms with E-state index in [1.807, 2.05) is 47.8 Å². The molecule has 0 saturated heterocycles. The van der Waals surface area contributed by atoms with Gasteiger partial charge in [-0.2, -0.15) is 5.10 Å². The number of thiophene rings is 1. The molecule has 1 atom stereocenters. The van der Waals surface area contributed by atoms with Gasteiger partial charge in [-0.05, 0) is 73.3 Å². The van der Waals surface area contributed by atoms with E-state index < -0.39 is 6.04 Å². The van der Waals surface area contributed by atoms with Gasteiger partial charge in [0.2, 0.25) is 5.91 Å². The molecule has 0 saturated carbocycles. The SMILES string of the molecule is Cc1ccc2nc(-c3ccc(NC(=O)C(C)n4nc(-c5cccs5)ccc4=O)cc3)sc2c1. The van der Waals surface area contributed by atoms with Gasteiger partial charge in [0.05, 0.1) is 15.1 Å². The molecular weight excluding hydrogens is 452 g/mol. The maximum atomic E-state index is 12.8. The van der Waals surface area contributed by atoms with Gasteiger partial charge in [-0.25, -0.2) is 9.67 Å². The molecule has 0 fully saturated rings. The van der Waals surface area contributed by atoms with Gasteiger partial charge in [0, 0.05) is 17.3 Å². The summed E-state index contributed by atoms with van der Waals surface area (Å²) in [6, 6.07) is 20.0. The Bertz CT molecular complexity index is 1500. The van der Waals surface area contributed by atoms with E-state index >= 15 is 0 Å². The van der Waals surface area contributed by atoms with Crippen molar-refractivity contribution in [1.82, 2.24) is 14.8 Å². The molecule has 33 heavy (non-hydrogen) atoms. The minimum atomic E-state index is -0.760. The van der Waals surface area contributed by atoms with E-state index in [0.29, 0.717) is 11.4 Å². The first kappa shape index (κ1) is 21.2. The van der Waals surface area contributed by atoms with Crippen LogP contribution in [0, 0.1) is 6.92 Å². The average Bonchev–Trinajstić information content (AvgIpc) is 3.49. The monoisotopic (exact) mass is 472 g/mol. The molecule has 1 N–H and O–H groups in total. The van der Waals surface area contributed by atoms with Crippen molar-refractivity contribution in [2.75, 3.05) is 5.32 Å². The molecule has 0 spiro atoms. The number of anilines is 1. The molecule has 0 aliphatic rings. The predicted molar refractivity (Wildman–Crippen MR) is 135 cm³/mol. The van der Waals surface area contributed by atoms with Crippen LogP contribution in [0.1, 0.15) is 18.5 Å². The maximum absolute atomic E-state index is 12.8. The standard InChI is InChI=1S/C25H20N4O2S2/c1-15-5-10-19-22(14-15)33-25(27-19)17-6-8-18(9-7-17)26-24(31)16(2)29-23(30)12-11-20(28-29)21-4-3-13-32-21/h3-14,16H,1-2H3,(H,26,31). The van der Waals surface area contributed by atoms with Crippen LogP contribution < -0.4 is 10.9 Å². The molecule has 3 aromatic heterocycles. The van der Waals surface area contributed by atoms with Gasteiger partial charge < -0.3 is 5.32 Å². The number of aryl methyl sites for hydroxylation is 1. The summed E-state index contributed by atoms with van der Waals surface area (Å²) in [6.45, 7) is 3.73. The minimum Gasteiger partial charge on any atom is -0.324 e. The number of rotatable bonds is 5. The van der Waals surface area contributed by atoms with Crippen molar-refractivity contribution in [1.29, 1.82) is 0 Å². The van der Waals surface area contributed by atoms with Crippen LogP contribution >= 0.6 is 22.7 Å². The lowest BCUT2D eigenvalue weighted by atomic mass is 10.2. The van der Waals surface area contributed by atoms with Crippen LogP contribution in [0.25, 0.3) is 31.4 Å². The molecule has 1 amide bonds. The number of fused-ring (bicyclic) bond motifs is 1. The lowest BCUT2D eigenvalue weighted by molar-refractivity contribution is -0.119. The third-order valence-corrected chi connectivity index (χ3v) is 7.25. The number of hydrogen-bond donors (Lipinski definition) is 1. The van der Waals surface area contributed by atoms with Crippen molar-refractivity contribution in [3.8, 4) is 21.1 Å². The zero-order valence-corrected chi connectivity index (χ0v) is 19.6. The highest BCUT2D eigenvalue weighted by Crippen LogP contribution is 2.31. The fourth-order valence-corrected chi connectivity index (χ4v) is 5.23. The molecule has 8 heteroatoms. The van der Waals surface area contributed by atoms with Crippen LogP contribution in [0.5, 0.6) is 0 Å². The fraction of sp³-hybridized carbons (Fsp3) is 0.120. The van der Waals surface area contributed by atoms with Crippen LogP contribution in [-0.4, -0.2) is 20.7 Å². The Morgan fingerprint density at radius 2 is 1.88 bits per heavy atom. The van der Waals surface area contributed by atoms with E-state index in [1.54, 1.807) is 24.3 Å². The number of thiazole rings is 1. The Kier molecular flexibility index (Phi) is 5.62. The fourth-order valence-electron chi connectivity index (χ4n) is 3.47. The second kappa shape index (κ2) is 8.73. The Morgan fingerprint density at radius 3 is 2.64 bits per heavy atom. The number of amides is 1. The van der Waals surface area contributed by atoms with Crippen molar-refractivity contribution in [2.24, 2.45) is 0 Å². The van der Waals surface area contributed by atoms with Gasteiger partial charge in [-0.1, -0.05) is 12.1 Å². The van der Waals surface area contributed by atoms with Crippen molar-refractivity contribution in [3.63, 3.8) is 0 Å². The van der Waals surface area contributed by atoms with Gasteiger partial charge in [0.25, 0.3) is 5.56 Å². The number of aromatic nitrogens is 3. The molecule has 3 heterocycles. The van der Waals surface area contributed by atoms with E-state index in [2.05, 4.69) is 29.5 Å². The first-order valence-corrected chi connectivity index (χ1v) is 12.1. The third-order valence-electron chi connectivity index (χ3n) is 5.29. The van der Waals surface area contributed by atoms with Crippen molar-refractivity contribution in [2.45, 2.75) is 19.9 Å². The summed E-state index contributed by atoms with van der Waals surface area (Å²) in [6.07, 6.45) is 0. The largest absolute Gasteiger partial charge is 0.324 e. The number of carbonyl (C=O) groups is 1. The average molecular weight is 473 g/mol. The lowest BCUT2D eigenvalue weighted by Crippen LogP contribution is -2.33. The topological polar surface area (TPSA) is 76.9 Å². The zero-order valence-electron chi connectivity index (χ0n) is 18.0. The highest BCUT2D eigenvalue weighted by Gasteiger charge is 2.18. The minimum absolute atomic E-state index is 0.309. The van der Waals surface area contributed by atoms with Gasteiger partial charge >= 0.3 is 0 Å². The first-order chi connectivity index (χ1) is 16.0. The Morgan fingerprint density at radius 1 is 1.06 bits per heavy atom. The second-order valence-corrected chi connectivity index (χ2v) is 9.69. The summed E-state index contributed by atoms with van der Waals surface area (Å²) in [5.41, 5.74) is 4.17. The van der Waals surface area contributed by atoms with Crippen LogP contribution in [0.3, 0.4) is 0 Å². The van der Waals surface area contributed by atoms with Gasteiger partial charge in [0.15, 0.2) is 0 Å². The van der Waals surface area contributed by atoms with Gasteiger partial charge in [0.1, 0.15) is 16.7 Å². The van der Waals surface area contributed by atoms with E-state index in [-0.39, 0.29) is 11.5 Å². The molecule has 164 valence electrons. The molecule has 0 radical (unpaired) electrons. The summed E-state index contributed by atoms with van der Waals surface area (Å²) >= 11 is 3.18. The molecule has 1 unspecified atom stereocenters. The van der Waals surface area contributed by atoms with E-state index in [4.69, 9.17) is 4.98 Å². The summed E-state index contributed by atoms with van der Waals surface area (Å²) in [5.74, 6) is -0.309. The quantitative estimate of drug-likeness (QED) is 0.353. The second-order valence-electron chi connectivity index (χ2n) is 7.71. The van der Waals surface area contributed by atoms with Crippen LogP contribution in [0.4, 0.5) is 5.69 Å². The van der Waals surface area contributed by atoms with E-state index in [1.165, 1.54) is 27.6 Å². The molecule has 0 bridgehead atoms. The predicted octanol–water partition coefficient (Wildman–Crippen LogP) is 5.76. The van der Waals surface area contributed by atoms with Crippen LogP contribution in [0.2, 0.25) is 0 Å². The van der Waals surface area contributed by atoms with Crippen LogP contribution in [0.15, 0.2) is 76.9 Å².